The molecule has 3 aromatic rings. The van der Waals surface area contributed by atoms with Crippen LogP contribution in [0.3, 0.4) is 0 Å². The molecule has 31 heavy (non-hydrogen) atoms. The van der Waals surface area contributed by atoms with Gasteiger partial charge in [-0.2, -0.15) is 5.26 Å². The van der Waals surface area contributed by atoms with E-state index in [2.05, 4.69) is 15.8 Å². The van der Waals surface area contributed by atoms with Gasteiger partial charge in [0.05, 0.1) is 24.8 Å². The number of rotatable bonds is 9. The van der Waals surface area contributed by atoms with Crippen molar-refractivity contribution in [1.82, 2.24) is 9.71 Å². The zero-order valence-corrected chi connectivity index (χ0v) is 18.8. The van der Waals surface area contributed by atoms with Crippen LogP contribution >= 0.6 is 23.3 Å². The van der Waals surface area contributed by atoms with Crippen molar-refractivity contribution < 1.29 is 14.6 Å². The fourth-order valence-electron chi connectivity index (χ4n) is 2.87. The molecular formula is C22H22N4O3S2. The Hall–Kier alpha value is -3.06. The molecule has 1 heterocycles. The Labute approximate surface area is 189 Å². The highest BCUT2D eigenvalue weighted by atomic mass is 32.2. The third-order valence-electron chi connectivity index (χ3n) is 4.36. The van der Waals surface area contributed by atoms with Crippen LogP contribution < -0.4 is 14.4 Å². The van der Waals surface area contributed by atoms with Crippen molar-refractivity contribution >= 4 is 40.0 Å². The Balaban J connectivity index is 1.93. The van der Waals surface area contributed by atoms with E-state index >= 15 is 0 Å². The van der Waals surface area contributed by atoms with Gasteiger partial charge in [-0.05, 0) is 48.9 Å². The molecule has 0 saturated heterocycles. The summed E-state index contributed by atoms with van der Waals surface area (Å²) in [6.45, 7) is 2.60. The predicted molar refractivity (Wildman–Crippen MR) is 124 cm³/mol. The van der Waals surface area contributed by atoms with E-state index in [1.807, 2.05) is 48.2 Å². The fraction of sp³-hybridized carbons (Fsp3) is 0.227. The van der Waals surface area contributed by atoms with Crippen molar-refractivity contribution in [2.75, 3.05) is 24.4 Å². The number of aliphatic hydroxyl groups excluding tert-OH is 1. The monoisotopic (exact) mass is 454 g/mol. The van der Waals surface area contributed by atoms with Gasteiger partial charge in [-0.3, -0.25) is 9.52 Å². The smallest absolute Gasteiger partial charge is 0.280 e. The summed E-state index contributed by atoms with van der Waals surface area (Å²) in [5.41, 5.74) is 2.86. The second-order valence-corrected chi connectivity index (χ2v) is 8.29. The van der Waals surface area contributed by atoms with Gasteiger partial charge in [0, 0.05) is 16.8 Å². The van der Waals surface area contributed by atoms with Crippen LogP contribution in [0, 0.1) is 18.3 Å². The number of hydrogen-bond acceptors (Lipinski definition) is 8. The summed E-state index contributed by atoms with van der Waals surface area (Å²) in [5.74, 6) is 0.460. The van der Waals surface area contributed by atoms with E-state index in [0.29, 0.717) is 28.7 Å². The third-order valence-corrected chi connectivity index (χ3v) is 5.74. The lowest BCUT2D eigenvalue weighted by Crippen LogP contribution is -2.19. The first-order valence-electron chi connectivity index (χ1n) is 9.46. The second-order valence-electron chi connectivity index (χ2n) is 6.50. The minimum absolute atomic E-state index is 0.0376. The van der Waals surface area contributed by atoms with Crippen LogP contribution in [0.25, 0.3) is 0 Å². The number of anilines is 2. The Kier molecular flexibility index (Phi) is 7.89. The van der Waals surface area contributed by atoms with Gasteiger partial charge in [-0.25, -0.2) is 4.98 Å². The summed E-state index contributed by atoms with van der Waals surface area (Å²) >= 11 is 2.68. The van der Waals surface area contributed by atoms with Crippen molar-refractivity contribution in [1.29, 1.82) is 5.26 Å². The number of benzene rings is 2. The molecule has 0 aliphatic carbocycles. The molecule has 0 spiro atoms. The number of ether oxygens (including phenoxy) is 1. The Morgan fingerprint density at radius 1 is 1.26 bits per heavy atom. The molecule has 7 nitrogen and oxygen atoms in total. The number of thiazole rings is 1. The molecule has 0 unspecified atom stereocenters. The van der Waals surface area contributed by atoms with Crippen molar-refractivity contribution in [2.45, 2.75) is 13.5 Å². The van der Waals surface area contributed by atoms with Crippen LogP contribution in [0.4, 0.5) is 10.8 Å². The molecule has 9 heteroatoms. The van der Waals surface area contributed by atoms with Crippen molar-refractivity contribution in [3.05, 3.63) is 70.2 Å². The molecule has 0 fully saturated rings. The Morgan fingerprint density at radius 3 is 2.58 bits per heavy atom. The molecule has 3 rings (SSSR count). The summed E-state index contributed by atoms with van der Waals surface area (Å²) in [6, 6.07) is 17.0. The van der Waals surface area contributed by atoms with Crippen LogP contribution in [-0.2, 0) is 6.54 Å². The topological polar surface area (TPSA) is 98.5 Å². The summed E-state index contributed by atoms with van der Waals surface area (Å²) in [5, 5.41) is 18.7. The van der Waals surface area contributed by atoms with Crippen molar-refractivity contribution in [2.24, 2.45) is 0 Å². The highest BCUT2D eigenvalue weighted by Crippen LogP contribution is 2.33. The number of carbonyl (C=O) groups excluding carboxylic acids is 1. The summed E-state index contributed by atoms with van der Waals surface area (Å²) in [6.07, 6.45) is 1.79. The molecule has 0 saturated carbocycles. The van der Waals surface area contributed by atoms with E-state index in [0.717, 1.165) is 16.1 Å². The first-order chi connectivity index (χ1) is 15.0. The SMILES string of the molecule is CSNC(=O)c1nc(N(Cc2ccc(OCCO)cc2)c2ccc(C#N)cc2)sc1C. The van der Waals surface area contributed by atoms with E-state index in [9.17, 15) is 4.79 Å². The fourth-order valence-corrected chi connectivity index (χ4v) is 4.08. The van der Waals surface area contributed by atoms with Gasteiger partial charge in [-0.1, -0.05) is 24.1 Å². The van der Waals surface area contributed by atoms with E-state index in [-0.39, 0.29) is 19.1 Å². The lowest BCUT2D eigenvalue weighted by atomic mass is 10.1. The molecule has 0 bridgehead atoms. The normalized spacial score (nSPS) is 10.4. The number of aliphatic hydroxyl groups is 1. The van der Waals surface area contributed by atoms with E-state index in [4.69, 9.17) is 15.1 Å². The summed E-state index contributed by atoms with van der Waals surface area (Å²) in [7, 11) is 0. The van der Waals surface area contributed by atoms with E-state index < -0.39 is 0 Å². The highest BCUT2D eigenvalue weighted by Gasteiger charge is 2.20. The average Bonchev–Trinajstić information content (AvgIpc) is 3.18. The lowest BCUT2D eigenvalue weighted by molar-refractivity contribution is 0.0980. The van der Waals surface area contributed by atoms with Crippen LogP contribution in [0.5, 0.6) is 5.75 Å². The molecule has 2 N–H and O–H groups in total. The van der Waals surface area contributed by atoms with Crippen molar-refractivity contribution in [3.63, 3.8) is 0 Å². The van der Waals surface area contributed by atoms with Gasteiger partial charge >= 0.3 is 0 Å². The predicted octanol–water partition coefficient (Wildman–Crippen LogP) is 4.04. The van der Waals surface area contributed by atoms with Crippen LogP contribution in [-0.4, -0.2) is 35.5 Å². The minimum atomic E-state index is -0.224. The number of aryl methyl sites for hydroxylation is 1. The molecule has 2 aromatic carbocycles. The number of nitrogens with zero attached hydrogens (tertiary/aromatic N) is 3. The maximum atomic E-state index is 12.3. The van der Waals surface area contributed by atoms with Gasteiger partial charge in [0.2, 0.25) is 0 Å². The van der Waals surface area contributed by atoms with Crippen LogP contribution in [0.1, 0.15) is 26.5 Å². The van der Waals surface area contributed by atoms with E-state index in [1.165, 1.54) is 23.3 Å². The second kappa shape index (κ2) is 10.8. The molecule has 0 aliphatic heterocycles. The number of amides is 1. The first kappa shape index (κ1) is 22.6. The maximum Gasteiger partial charge on any atom is 0.280 e. The molecule has 160 valence electrons. The Bertz CT molecular complexity index is 1060. The summed E-state index contributed by atoms with van der Waals surface area (Å²) in [4.78, 5) is 19.8. The third kappa shape index (κ3) is 5.76. The maximum absolute atomic E-state index is 12.3. The van der Waals surface area contributed by atoms with Gasteiger partial charge in [0.1, 0.15) is 18.1 Å². The largest absolute Gasteiger partial charge is 0.491 e. The minimum Gasteiger partial charge on any atom is -0.491 e. The Morgan fingerprint density at radius 2 is 1.97 bits per heavy atom. The van der Waals surface area contributed by atoms with Gasteiger partial charge in [0.15, 0.2) is 5.13 Å². The number of carbonyl (C=O) groups is 1. The zero-order valence-electron chi connectivity index (χ0n) is 17.2. The van der Waals surface area contributed by atoms with Crippen LogP contribution in [0.2, 0.25) is 0 Å². The molecule has 0 atom stereocenters. The standard InChI is InChI=1S/C22H22N4O3S2/c1-15-20(21(28)25-30-2)24-22(31-15)26(18-7-3-16(13-23)4-8-18)14-17-5-9-19(10-6-17)29-12-11-27/h3-10,27H,11-12,14H2,1-2H3,(H,25,28). The number of nitriles is 1. The average molecular weight is 455 g/mol. The molecule has 0 radical (unpaired) electrons. The molecular weight excluding hydrogens is 432 g/mol. The first-order valence-corrected chi connectivity index (χ1v) is 11.5. The number of nitrogens with one attached hydrogen (secondary N) is 1. The number of aromatic nitrogens is 1. The molecule has 1 amide bonds. The molecule has 0 aliphatic rings. The lowest BCUT2D eigenvalue weighted by Gasteiger charge is -2.22. The van der Waals surface area contributed by atoms with E-state index in [1.54, 1.807) is 18.4 Å². The number of hydrogen-bond donors (Lipinski definition) is 2. The quantitative estimate of drug-likeness (QED) is 0.471. The highest BCUT2D eigenvalue weighted by molar-refractivity contribution is 7.97. The van der Waals surface area contributed by atoms with Gasteiger partial charge in [-0.15, -0.1) is 11.3 Å². The van der Waals surface area contributed by atoms with Crippen molar-refractivity contribution in [3.8, 4) is 11.8 Å². The van der Waals surface area contributed by atoms with Gasteiger partial charge in [0.25, 0.3) is 5.91 Å². The van der Waals surface area contributed by atoms with Gasteiger partial charge < -0.3 is 14.7 Å². The molecule has 1 aromatic heterocycles. The van der Waals surface area contributed by atoms with Crippen LogP contribution in [0.15, 0.2) is 48.5 Å². The zero-order chi connectivity index (χ0) is 22.2. The summed E-state index contributed by atoms with van der Waals surface area (Å²) < 4.78 is 8.15.